The van der Waals surface area contributed by atoms with E-state index in [1.807, 2.05) is 41.5 Å². The third-order valence-electron chi connectivity index (χ3n) is 7.85. The molecular formula is C31H59N4O9P. The highest BCUT2D eigenvalue weighted by molar-refractivity contribution is 7.47. The zero-order valence-corrected chi connectivity index (χ0v) is 29.4. The first-order chi connectivity index (χ1) is 21.2. The molecule has 13 nitrogen and oxygen atoms in total. The second-order valence-electron chi connectivity index (χ2n) is 13.1. The van der Waals surface area contributed by atoms with E-state index in [9.17, 15) is 23.8 Å². The largest absolute Gasteiger partial charge is 0.472 e. The number of ether oxygens (including phenoxy) is 2. The van der Waals surface area contributed by atoms with Crippen molar-refractivity contribution in [3.8, 4) is 0 Å². The fraction of sp³-hybridized carbons (Fsp3) is 0.903. The number of phosphoric acid groups is 1. The lowest BCUT2D eigenvalue weighted by Crippen LogP contribution is -2.39. The van der Waals surface area contributed by atoms with Crippen molar-refractivity contribution in [3.05, 3.63) is 0 Å². The summed E-state index contributed by atoms with van der Waals surface area (Å²) >= 11 is 0. The minimum atomic E-state index is -4.52. The van der Waals surface area contributed by atoms with Crippen LogP contribution in [-0.2, 0) is 37.5 Å². The van der Waals surface area contributed by atoms with Crippen LogP contribution in [0.4, 0.5) is 0 Å². The number of methoxy groups -OCH3 is 1. The lowest BCUT2D eigenvalue weighted by atomic mass is 10.1. The van der Waals surface area contributed by atoms with Crippen LogP contribution in [0.3, 0.4) is 0 Å². The summed E-state index contributed by atoms with van der Waals surface area (Å²) in [7, 11) is -2.97. The van der Waals surface area contributed by atoms with Gasteiger partial charge in [-0.05, 0) is 52.6 Å². The molecule has 5 atom stereocenters. The zero-order valence-electron chi connectivity index (χ0n) is 28.5. The molecule has 2 saturated heterocycles. The van der Waals surface area contributed by atoms with Crippen LogP contribution in [0.25, 0.3) is 0 Å². The van der Waals surface area contributed by atoms with Crippen molar-refractivity contribution in [3.63, 3.8) is 0 Å². The van der Waals surface area contributed by atoms with Gasteiger partial charge in [-0.25, -0.2) is 4.57 Å². The predicted molar refractivity (Wildman–Crippen MR) is 172 cm³/mol. The Morgan fingerprint density at radius 1 is 0.800 bits per heavy atom. The summed E-state index contributed by atoms with van der Waals surface area (Å²) in [4.78, 5) is 52.4. The summed E-state index contributed by atoms with van der Waals surface area (Å²) in [5, 5.41) is 6.57. The first-order valence-electron chi connectivity index (χ1n) is 16.6. The highest BCUT2D eigenvalue weighted by Crippen LogP contribution is 2.47. The minimum absolute atomic E-state index is 0.0345. The standard InChI is InChI=1S/C31H59N4O9P/c1-22(2)32-14-8-10-27(36)12-13-31(38)34-18-28(43-24(5)6)16-26(34)21-42-45(39,40)44-29-17-25(20-41-7)35(19-29)30(37)11-9-15-33-23(3)4/h22-26,28-29,32-33H,8-21H2,1-7H3,(H,39,40)/t25-,26-,28+,29?/m0/s1. The maximum absolute atomic E-state index is 13.2. The Kier molecular flexibility index (Phi) is 17.7. The average Bonchev–Trinajstić information content (AvgIpc) is 3.53. The van der Waals surface area contributed by atoms with E-state index < -0.39 is 20.0 Å². The molecule has 2 heterocycles. The Bertz CT molecular complexity index is 967. The van der Waals surface area contributed by atoms with Gasteiger partial charge in [-0.15, -0.1) is 0 Å². The van der Waals surface area contributed by atoms with Gasteiger partial charge in [-0.1, -0.05) is 27.7 Å². The van der Waals surface area contributed by atoms with Gasteiger partial charge in [0, 0.05) is 58.0 Å². The van der Waals surface area contributed by atoms with Crippen molar-refractivity contribution < 1.29 is 42.4 Å². The van der Waals surface area contributed by atoms with E-state index >= 15 is 0 Å². The molecule has 2 unspecified atom stereocenters. The molecule has 262 valence electrons. The van der Waals surface area contributed by atoms with Crippen molar-refractivity contribution in [1.82, 2.24) is 20.4 Å². The van der Waals surface area contributed by atoms with E-state index in [1.54, 1.807) is 16.9 Å². The number of ketones is 1. The number of Topliss-reactive ketones (excluding diaryl/α,β-unsaturated/α-hetero) is 1. The number of carbonyl (C=O) groups is 3. The van der Waals surface area contributed by atoms with Gasteiger partial charge >= 0.3 is 7.82 Å². The quantitative estimate of drug-likeness (QED) is 0.116. The van der Waals surface area contributed by atoms with Crippen LogP contribution in [-0.4, -0.2) is 121 Å². The maximum Gasteiger partial charge on any atom is 0.472 e. The Morgan fingerprint density at radius 2 is 1.33 bits per heavy atom. The smallest absolute Gasteiger partial charge is 0.383 e. The predicted octanol–water partition coefficient (Wildman–Crippen LogP) is 3.04. The van der Waals surface area contributed by atoms with Crippen LogP contribution < -0.4 is 10.6 Å². The van der Waals surface area contributed by atoms with E-state index in [0.29, 0.717) is 57.3 Å². The summed E-state index contributed by atoms with van der Waals surface area (Å²) in [6.45, 7) is 14.0. The zero-order chi connectivity index (χ0) is 33.6. The molecule has 2 aliphatic rings. The second-order valence-corrected chi connectivity index (χ2v) is 14.5. The van der Waals surface area contributed by atoms with Crippen molar-refractivity contribution >= 4 is 25.4 Å². The minimum Gasteiger partial charge on any atom is -0.383 e. The number of nitrogens with one attached hydrogen (secondary N) is 2. The fourth-order valence-electron chi connectivity index (χ4n) is 5.79. The summed E-state index contributed by atoms with van der Waals surface area (Å²) in [5.74, 6) is -0.228. The van der Waals surface area contributed by atoms with Gasteiger partial charge in [0.25, 0.3) is 0 Å². The van der Waals surface area contributed by atoms with E-state index in [2.05, 4.69) is 10.6 Å². The van der Waals surface area contributed by atoms with Gasteiger partial charge in [0.15, 0.2) is 0 Å². The molecular weight excluding hydrogens is 603 g/mol. The molecule has 14 heteroatoms. The number of hydrogen-bond donors (Lipinski definition) is 3. The second kappa shape index (κ2) is 20.0. The molecule has 2 fully saturated rings. The molecule has 3 N–H and O–H groups in total. The molecule has 0 spiro atoms. The molecule has 0 aliphatic carbocycles. The Balaban J connectivity index is 1.92. The molecule has 0 aromatic rings. The highest BCUT2D eigenvalue weighted by Gasteiger charge is 2.41. The molecule has 2 amide bonds. The fourth-order valence-corrected chi connectivity index (χ4v) is 6.74. The van der Waals surface area contributed by atoms with E-state index in [0.717, 1.165) is 19.5 Å². The monoisotopic (exact) mass is 662 g/mol. The maximum atomic E-state index is 13.2. The summed E-state index contributed by atoms with van der Waals surface area (Å²) < 4.78 is 35.3. The molecule has 2 aliphatic heterocycles. The van der Waals surface area contributed by atoms with Crippen LogP contribution in [0.2, 0.25) is 0 Å². The van der Waals surface area contributed by atoms with Gasteiger partial charge in [-0.3, -0.25) is 23.4 Å². The first kappa shape index (κ1) is 39.7. The Labute approximate surface area is 270 Å². The normalized spacial score (nSPS) is 23.4. The van der Waals surface area contributed by atoms with Gasteiger partial charge in [0.1, 0.15) is 5.78 Å². The summed E-state index contributed by atoms with van der Waals surface area (Å²) in [6.07, 6.45) is 2.16. The number of carbonyl (C=O) groups excluding carboxylic acids is 3. The van der Waals surface area contributed by atoms with Crippen molar-refractivity contribution in [2.24, 2.45) is 0 Å². The topological polar surface area (TPSA) is 156 Å². The van der Waals surface area contributed by atoms with E-state index in [4.69, 9.17) is 18.5 Å². The number of phosphoric ester groups is 1. The van der Waals surface area contributed by atoms with E-state index in [1.165, 1.54) is 0 Å². The third-order valence-corrected chi connectivity index (χ3v) is 8.89. The van der Waals surface area contributed by atoms with Crippen molar-refractivity contribution in [1.29, 1.82) is 0 Å². The molecule has 0 aromatic heterocycles. The van der Waals surface area contributed by atoms with Gasteiger partial charge < -0.3 is 34.8 Å². The summed E-state index contributed by atoms with van der Waals surface area (Å²) in [5.41, 5.74) is 0. The van der Waals surface area contributed by atoms with Crippen LogP contribution in [0.5, 0.6) is 0 Å². The molecule has 0 aromatic carbocycles. The highest BCUT2D eigenvalue weighted by atomic mass is 31.2. The Hall–Kier alpha value is -1.44. The number of hydrogen-bond acceptors (Lipinski definition) is 10. The van der Waals surface area contributed by atoms with Gasteiger partial charge in [-0.2, -0.15) is 0 Å². The van der Waals surface area contributed by atoms with Gasteiger partial charge in [0.2, 0.25) is 11.8 Å². The molecule has 2 rings (SSSR count). The lowest BCUT2D eigenvalue weighted by molar-refractivity contribution is -0.135. The number of amides is 2. The Morgan fingerprint density at radius 3 is 1.91 bits per heavy atom. The van der Waals surface area contributed by atoms with Crippen LogP contribution in [0.15, 0.2) is 0 Å². The van der Waals surface area contributed by atoms with Gasteiger partial charge in [0.05, 0.1) is 43.6 Å². The first-order valence-corrected chi connectivity index (χ1v) is 18.1. The van der Waals surface area contributed by atoms with Crippen LogP contribution in [0, 0.1) is 0 Å². The van der Waals surface area contributed by atoms with Crippen LogP contribution >= 0.6 is 7.82 Å². The van der Waals surface area contributed by atoms with Crippen molar-refractivity contribution in [2.75, 3.05) is 46.5 Å². The molecule has 45 heavy (non-hydrogen) atoms. The molecule has 0 radical (unpaired) electrons. The average molecular weight is 663 g/mol. The van der Waals surface area contributed by atoms with Crippen LogP contribution in [0.1, 0.15) is 92.9 Å². The summed E-state index contributed by atoms with van der Waals surface area (Å²) in [6, 6.07) is -0.0767. The molecule has 0 saturated carbocycles. The van der Waals surface area contributed by atoms with E-state index in [-0.39, 0.29) is 61.8 Å². The number of nitrogens with zero attached hydrogens (tertiary/aromatic N) is 2. The van der Waals surface area contributed by atoms with Crippen molar-refractivity contribution in [2.45, 2.75) is 135 Å². The number of likely N-dealkylation sites (tertiary alicyclic amines) is 2. The third kappa shape index (κ3) is 15.3. The number of rotatable bonds is 22. The SMILES string of the molecule is COC[C@@H]1CC(OP(=O)(O)OC[C@@H]2C[C@@H](OC(C)C)CN2C(=O)CCC(=O)CCCNC(C)C)CN1C(=O)CCCNC(C)C. The molecule has 0 bridgehead atoms. The lowest BCUT2D eigenvalue weighted by Gasteiger charge is -2.25.